The van der Waals surface area contributed by atoms with Crippen LogP contribution in [0.5, 0.6) is 0 Å². The third-order valence-corrected chi connectivity index (χ3v) is 5.58. The van der Waals surface area contributed by atoms with E-state index in [0.717, 1.165) is 25.5 Å². The van der Waals surface area contributed by atoms with Crippen molar-refractivity contribution < 1.29 is 18.0 Å². The summed E-state index contributed by atoms with van der Waals surface area (Å²) in [6, 6.07) is 0.405. The van der Waals surface area contributed by atoms with Crippen LogP contribution in [0.1, 0.15) is 49.5 Å². The first kappa shape index (κ1) is 19.9. The summed E-state index contributed by atoms with van der Waals surface area (Å²) in [6.07, 6.45) is 5.72. The Morgan fingerprint density at radius 1 is 1.17 bits per heavy atom. The van der Waals surface area contributed by atoms with E-state index in [-0.39, 0.29) is 30.4 Å². The predicted molar refractivity (Wildman–Crippen MR) is 99.0 cm³/mol. The molecular weight excluding hydrogens is 383 g/mol. The number of carbonyl (C=O) groups is 1. The van der Waals surface area contributed by atoms with Gasteiger partial charge in [0.05, 0.1) is 6.04 Å². The monoisotopic (exact) mass is 407 g/mol. The van der Waals surface area contributed by atoms with Gasteiger partial charge in [0.15, 0.2) is 17.5 Å². The van der Waals surface area contributed by atoms with Crippen molar-refractivity contribution in [3.63, 3.8) is 0 Å². The third-order valence-electron chi connectivity index (χ3n) is 5.58. The second-order valence-corrected chi connectivity index (χ2v) is 8.04. The standard InChI is InChI=1S/C20H24F3N5O/c21-15-9-17(23)16(22)7-13(15)6-14(24)8-19(29)28-5-1-2-18(28)20-25-11-27(26-20)10-12-3-4-12/h7,9,11-12,14,18H,1-6,8,10,24H2/t14-,18+/m1/s1. The van der Waals surface area contributed by atoms with Crippen LogP contribution in [0.4, 0.5) is 13.2 Å². The predicted octanol–water partition coefficient (Wildman–Crippen LogP) is 2.73. The number of aromatic nitrogens is 3. The van der Waals surface area contributed by atoms with Crippen molar-refractivity contribution >= 4 is 5.91 Å². The molecule has 1 aliphatic carbocycles. The molecule has 0 radical (unpaired) electrons. The van der Waals surface area contributed by atoms with E-state index in [1.807, 2.05) is 4.68 Å². The zero-order valence-electron chi connectivity index (χ0n) is 16.0. The lowest BCUT2D eigenvalue weighted by atomic mass is 10.0. The SMILES string of the molecule is N[C@@H](CC(=O)N1CCC[C@H]1c1ncn(CC2CC2)n1)Cc1cc(F)c(F)cc1F. The van der Waals surface area contributed by atoms with Crippen LogP contribution in [-0.2, 0) is 17.8 Å². The van der Waals surface area contributed by atoms with E-state index in [1.165, 1.54) is 12.8 Å². The van der Waals surface area contributed by atoms with E-state index in [4.69, 9.17) is 5.73 Å². The van der Waals surface area contributed by atoms with Gasteiger partial charge in [-0.15, -0.1) is 0 Å². The van der Waals surface area contributed by atoms with Gasteiger partial charge in [0.25, 0.3) is 0 Å². The Labute approximate surface area is 166 Å². The van der Waals surface area contributed by atoms with Crippen LogP contribution in [0.25, 0.3) is 0 Å². The lowest BCUT2D eigenvalue weighted by molar-refractivity contribution is -0.132. The van der Waals surface area contributed by atoms with Gasteiger partial charge in [-0.3, -0.25) is 9.48 Å². The fourth-order valence-corrected chi connectivity index (χ4v) is 3.86. The van der Waals surface area contributed by atoms with Crippen LogP contribution < -0.4 is 5.73 Å². The second kappa shape index (κ2) is 8.14. The zero-order valence-corrected chi connectivity index (χ0v) is 16.0. The first-order chi connectivity index (χ1) is 13.9. The maximum Gasteiger partial charge on any atom is 0.224 e. The summed E-state index contributed by atoms with van der Waals surface area (Å²) < 4.78 is 42.1. The molecule has 2 atom stereocenters. The maximum atomic E-state index is 13.8. The number of likely N-dealkylation sites (tertiary alicyclic amines) is 1. The highest BCUT2D eigenvalue weighted by atomic mass is 19.2. The van der Waals surface area contributed by atoms with Gasteiger partial charge in [0.2, 0.25) is 5.91 Å². The van der Waals surface area contributed by atoms with Crippen LogP contribution in [0, 0.1) is 23.4 Å². The second-order valence-electron chi connectivity index (χ2n) is 8.04. The lowest BCUT2D eigenvalue weighted by Gasteiger charge is -2.24. The van der Waals surface area contributed by atoms with Gasteiger partial charge in [-0.25, -0.2) is 18.2 Å². The molecular formula is C20H24F3N5O. The average molecular weight is 407 g/mol. The molecule has 1 aromatic carbocycles. The number of nitrogens with two attached hydrogens (primary N) is 1. The van der Waals surface area contributed by atoms with Gasteiger partial charge in [0.1, 0.15) is 12.1 Å². The maximum absolute atomic E-state index is 13.8. The number of hydrogen-bond donors (Lipinski definition) is 1. The summed E-state index contributed by atoms with van der Waals surface area (Å²) >= 11 is 0. The Bertz CT molecular complexity index is 898. The highest BCUT2D eigenvalue weighted by molar-refractivity contribution is 5.77. The lowest BCUT2D eigenvalue weighted by Crippen LogP contribution is -2.37. The van der Waals surface area contributed by atoms with Gasteiger partial charge < -0.3 is 10.6 Å². The van der Waals surface area contributed by atoms with Gasteiger partial charge >= 0.3 is 0 Å². The van der Waals surface area contributed by atoms with E-state index in [9.17, 15) is 18.0 Å². The summed E-state index contributed by atoms with van der Waals surface area (Å²) in [5.74, 6) is -2.09. The van der Waals surface area contributed by atoms with Crippen LogP contribution in [0.3, 0.4) is 0 Å². The highest BCUT2D eigenvalue weighted by Gasteiger charge is 2.33. The molecule has 1 saturated heterocycles. The molecule has 29 heavy (non-hydrogen) atoms. The summed E-state index contributed by atoms with van der Waals surface area (Å²) in [5.41, 5.74) is 5.98. The van der Waals surface area contributed by atoms with Crippen molar-refractivity contribution in [2.75, 3.05) is 6.54 Å². The Morgan fingerprint density at radius 2 is 1.93 bits per heavy atom. The minimum atomic E-state index is -1.25. The summed E-state index contributed by atoms with van der Waals surface area (Å²) in [5, 5.41) is 4.54. The van der Waals surface area contributed by atoms with Crippen LogP contribution >= 0.6 is 0 Å². The molecule has 1 aliphatic heterocycles. The minimum absolute atomic E-state index is 0.0162. The van der Waals surface area contributed by atoms with Gasteiger partial charge in [-0.1, -0.05) is 0 Å². The molecule has 2 aromatic rings. The molecule has 1 amide bonds. The van der Waals surface area contributed by atoms with Crippen molar-refractivity contribution in [2.24, 2.45) is 11.7 Å². The number of benzene rings is 1. The summed E-state index contributed by atoms with van der Waals surface area (Å²) in [7, 11) is 0. The molecule has 156 valence electrons. The Kier molecular flexibility index (Phi) is 5.58. The fraction of sp³-hybridized carbons (Fsp3) is 0.550. The van der Waals surface area contributed by atoms with Crippen LogP contribution in [0.2, 0.25) is 0 Å². The molecule has 4 rings (SSSR count). The number of halogens is 3. The van der Waals surface area contributed by atoms with E-state index in [1.54, 1.807) is 11.2 Å². The Balaban J connectivity index is 1.38. The largest absolute Gasteiger partial charge is 0.332 e. The van der Waals surface area contributed by atoms with Gasteiger partial charge in [-0.05, 0) is 49.7 Å². The van der Waals surface area contributed by atoms with Gasteiger partial charge in [-0.2, -0.15) is 5.10 Å². The normalized spacial score (nSPS) is 20.3. The quantitative estimate of drug-likeness (QED) is 0.716. The van der Waals surface area contributed by atoms with Crippen molar-refractivity contribution in [1.29, 1.82) is 0 Å². The number of nitrogens with zero attached hydrogens (tertiary/aromatic N) is 4. The van der Waals surface area contributed by atoms with Crippen molar-refractivity contribution in [3.05, 3.63) is 47.3 Å². The van der Waals surface area contributed by atoms with E-state index >= 15 is 0 Å². The molecule has 2 N–H and O–H groups in total. The molecule has 1 aromatic heterocycles. The molecule has 2 heterocycles. The van der Waals surface area contributed by atoms with E-state index < -0.39 is 23.5 Å². The molecule has 0 bridgehead atoms. The Hall–Kier alpha value is -2.42. The van der Waals surface area contributed by atoms with Crippen molar-refractivity contribution in [3.8, 4) is 0 Å². The van der Waals surface area contributed by atoms with Crippen LogP contribution in [0.15, 0.2) is 18.5 Å². The summed E-state index contributed by atoms with van der Waals surface area (Å²) in [4.78, 5) is 18.9. The Morgan fingerprint density at radius 3 is 2.69 bits per heavy atom. The number of carbonyl (C=O) groups excluding carboxylic acids is 1. The average Bonchev–Trinajstić information content (AvgIpc) is 3.15. The minimum Gasteiger partial charge on any atom is -0.332 e. The number of hydrogen-bond acceptors (Lipinski definition) is 4. The molecule has 2 fully saturated rings. The number of rotatable bonds is 7. The van der Waals surface area contributed by atoms with E-state index in [0.29, 0.717) is 24.4 Å². The zero-order chi connectivity index (χ0) is 20.5. The molecule has 0 spiro atoms. The van der Waals surface area contributed by atoms with Crippen molar-refractivity contribution in [2.45, 2.75) is 57.2 Å². The fourth-order valence-electron chi connectivity index (χ4n) is 3.86. The molecule has 6 nitrogen and oxygen atoms in total. The first-order valence-electron chi connectivity index (χ1n) is 9.98. The molecule has 2 aliphatic rings. The molecule has 0 unspecified atom stereocenters. The first-order valence-corrected chi connectivity index (χ1v) is 9.98. The number of amides is 1. The highest BCUT2D eigenvalue weighted by Crippen LogP contribution is 2.32. The third kappa shape index (κ3) is 4.60. The van der Waals surface area contributed by atoms with Gasteiger partial charge in [0, 0.05) is 31.6 Å². The molecule has 9 heteroatoms. The smallest absolute Gasteiger partial charge is 0.224 e. The van der Waals surface area contributed by atoms with Crippen LogP contribution in [-0.4, -0.2) is 38.2 Å². The summed E-state index contributed by atoms with van der Waals surface area (Å²) in [6.45, 7) is 1.45. The van der Waals surface area contributed by atoms with Crippen molar-refractivity contribution in [1.82, 2.24) is 19.7 Å². The topological polar surface area (TPSA) is 77.0 Å². The molecule has 1 saturated carbocycles. The van der Waals surface area contributed by atoms with E-state index in [2.05, 4.69) is 10.1 Å².